The number of hydrogen-bond donors (Lipinski definition) is 1. The minimum atomic E-state index is -0.466. The van der Waals surface area contributed by atoms with Crippen LogP contribution >= 0.6 is 12.2 Å². The van der Waals surface area contributed by atoms with Crippen LogP contribution < -0.4 is 56.7 Å². The third-order valence-electron chi connectivity index (χ3n) is 1.83. The Bertz CT molecular complexity index is 396. The molecule has 1 heterocycles. The molecule has 82 valence electrons. The van der Waals surface area contributed by atoms with Crippen LogP contribution in [0.4, 0.5) is 5.82 Å². The van der Waals surface area contributed by atoms with Crippen molar-refractivity contribution in [1.82, 2.24) is 14.9 Å². The monoisotopic (exact) mass is 284 g/mol. The summed E-state index contributed by atoms with van der Waals surface area (Å²) < 4.78 is 1.76. The molecule has 1 aromatic heterocycles. The van der Waals surface area contributed by atoms with Crippen LogP contribution in [0.1, 0.15) is 5.82 Å². The van der Waals surface area contributed by atoms with E-state index in [4.69, 9.17) is 0 Å². The molecule has 0 amide bonds. The number of aromatic nitrogens is 2. The van der Waals surface area contributed by atoms with Crippen LogP contribution in [0, 0.1) is 17.0 Å². The maximum atomic E-state index is 10.6. The molecule has 1 N–H and O–H groups in total. The Morgan fingerprint density at radius 1 is 1.81 bits per heavy atom. The van der Waals surface area contributed by atoms with Gasteiger partial charge in [-0.2, -0.15) is 0 Å². The SMILES string of the molecule is Cc1ncc([N+](=O)[O-])n1CCNC(=S)[S-].[K+]. The number of rotatable bonds is 4. The van der Waals surface area contributed by atoms with Crippen LogP contribution in [0.5, 0.6) is 0 Å². The van der Waals surface area contributed by atoms with E-state index in [0.717, 1.165) is 0 Å². The fourth-order valence-corrected chi connectivity index (χ4v) is 1.35. The van der Waals surface area contributed by atoms with Gasteiger partial charge in [0.25, 0.3) is 0 Å². The van der Waals surface area contributed by atoms with Gasteiger partial charge in [0.1, 0.15) is 12.7 Å². The zero-order chi connectivity index (χ0) is 11.4. The van der Waals surface area contributed by atoms with Crippen molar-refractivity contribution in [3.05, 3.63) is 22.1 Å². The molecule has 0 radical (unpaired) electrons. The largest absolute Gasteiger partial charge is 1.00 e. The van der Waals surface area contributed by atoms with E-state index in [-0.39, 0.29) is 61.5 Å². The maximum Gasteiger partial charge on any atom is 1.00 e. The van der Waals surface area contributed by atoms with Crippen LogP contribution in [-0.4, -0.2) is 25.3 Å². The smallest absolute Gasteiger partial charge is 0.412 e. The van der Waals surface area contributed by atoms with Gasteiger partial charge >= 0.3 is 57.2 Å². The second-order valence-electron chi connectivity index (χ2n) is 2.79. The van der Waals surface area contributed by atoms with E-state index in [1.165, 1.54) is 10.8 Å². The van der Waals surface area contributed by atoms with E-state index in [0.29, 0.717) is 18.9 Å². The number of nitro groups is 1. The first-order chi connectivity index (χ1) is 7.02. The molecule has 0 fully saturated rings. The van der Waals surface area contributed by atoms with Crippen molar-refractivity contribution in [3.8, 4) is 0 Å². The molecule has 0 saturated heterocycles. The van der Waals surface area contributed by atoms with Gasteiger partial charge < -0.3 is 40.3 Å². The number of thiocarbonyl (C=S) groups is 1. The summed E-state index contributed by atoms with van der Waals surface area (Å²) in [4.78, 5) is 14.0. The van der Waals surface area contributed by atoms with Crippen molar-refractivity contribution in [1.29, 1.82) is 0 Å². The zero-order valence-corrected chi connectivity index (χ0v) is 13.7. The molecule has 0 spiro atoms. The Labute approximate surface area is 146 Å². The van der Waals surface area contributed by atoms with E-state index >= 15 is 0 Å². The normalized spacial score (nSPS) is 9.31. The summed E-state index contributed by atoms with van der Waals surface area (Å²) in [6, 6.07) is 0. The molecular formula is C7H9KN4O2S2. The summed E-state index contributed by atoms with van der Waals surface area (Å²) in [5.74, 6) is 0.573. The van der Waals surface area contributed by atoms with Crippen molar-refractivity contribution in [3.63, 3.8) is 0 Å². The Kier molecular flexibility index (Phi) is 7.81. The molecule has 0 saturated carbocycles. The Morgan fingerprint density at radius 3 is 2.94 bits per heavy atom. The Balaban J connectivity index is 0.00000225. The van der Waals surface area contributed by atoms with E-state index < -0.39 is 4.92 Å². The molecule has 0 unspecified atom stereocenters. The van der Waals surface area contributed by atoms with E-state index in [1.54, 1.807) is 6.92 Å². The van der Waals surface area contributed by atoms with Crippen LogP contribution in [0.25, 0.3) is 0 Å². The van der Waals surface area contributed by atoms with Gasteiger partial charge in [-0.3, -0.25) is 0 Å². The van der Waals surface area contributed by atoms with Gasteiger partial charge in [0.2, 0.25) is 0 Å². The van der Waals surface area contributed by atoms with Crippen molar-refractivity contribution >= 4 is 35.0 Å². The summed E-state index contributed by atoms with van der Waals surface area (Å²) in [7, 11) is 0. The molecule has 0 aliphatic carbocycles. The number of aryl methyl sites for hydroxylation is 1. The molecule has 9 heteroatoms. The molecule has 0 aliphatic heterocycles. The number of imidazole rings is 1. The second kappa shape index (κ2) is 7.64. The standard InChI is InChI=1S/C7H10N4O2S2.K/c1-5-9-4-6(11(12)13)10(5)3-2-8-7(14)15;/h4H,2-3H2,1H3,(H2,8,14,15);/q;+1/p-1. The third-order valence-corrected chi connectivity index (χ3v) is 2.11. The maximum absolute atomic E-state index is 10.6. The molecule has 1 rings (SSSR count). The minimum Gasteiger partial charge on any atom is -0.412 e. The zero-order valence-electron chi connectivity index (χ0n) is 8.97. The topological polar surface area (TPSA) is 73.0 Å². The molecule has 0 aromatic carbocycles. The third kappa shape index (κ3) is 4.69. The first-order valence-electron chi connectivity index (χ1n) is 4.13. The van der Waals surface area contributed by atoms with Crippen molar-refractivity contribution in [2.24, 2.45) is 0 Å². The summed E-state index contributed by atoms with van der Waals surface area (Å²) in [5.41, 5.74) is 0. The average Bonchev–Trinajstić information content (AvgIpc) is 2.47. The predicted octanol–water partition coefficient (Wildman–Crippen LogP) is -2.47. The molecule has 1 aromatic rings. The Hall–Kier alpha value is 0.356. The summed E-state index contributed by atoms with van der Waals surface area (Å²) >= 11 is 9.31. The molecule has 0 bridgehead atoms. The predicted molar refractivity (Wildman–Crippen MR) is 61.6 cm³/mol. The van der Waals surface area contributed by atoms with Crippen molar-refractivity contribution in [2.75, 3.05) is 6.54 Å². The number of nitrogens with zero attached hydrogens (tertiary/aromatic N) is 3. The second-order valence-corrected chi connectivity index (χ2v) is 3.86. The molecule has 6 nitrogen and oxygen atoms in total. The van der Waals surface area contributed by atoms with E-state index in [9.17, 15) is 10.1 Å². The van der Waals surface area contributed by atoms with Gasteiger partial charge in [-0.15, -0.1) is 0 Å². The van der Waals surface area contributed by atoms with Crippen molar-refractivity contribution in [2.45, 2.75) is 13.5 Å². The first-order valence-corrected chi connectivity index (χ1v) is 4.95. The van der Waals surface area contributed by atoms with Crippen LogP contribution in [-0.2, 0) is 19.2 Å². The molecule has 0 aliphatic rings. The van der Waals surface area contributed by atoms with Crippen LogP contribution in [0.3, 0.4) is 0 Å². The van der Waals surface area contributed by atoms with Gasteiger partial charge in [-0.25, -0.2) is 9.55 Å². The molecule has 0 atom stereocenters. The van der Waals surface area contributed by atoms with E-state index in [1.807, 2.05) is 0 Å². The molecule has 16 heavy (non-hydrogen) atoms. The average molecular weight is 284 g/mol. The van der Waals surface area contributed by atoms with Gasteiger partial charge in [0.05, 0.1) is 6.54 Å². The number of hydrogen-bond acceptors (Lipinski definition) is 5. The minimum absolute atomic E-state index is 0. The van der Waals surface area contributed by atoms with Gasteiger partial charge in [0, 0.05) is 6.92 Å². The van der Waals surface area contributed by atoms with Crippen LogP contribution in [0.15, 0.2) is 6.20 Å². The number of nitrogens with one attached hydrogen (secondary N) is 1. The molecular weight excluding hydrogens is 275 g/mol. The summed E-state index contributed by atoms with van der Waals surface area (Å²) in [6.45, 7) is 2.58. The fraction of sp³-hybridized carbons (Fsp3) is 0.429. The van der Waals surface area contributed by atoms with Crippen LogP contribution in [0.2, 0.25) is 0 Å². The van der Waals surface area contributed by atoms with Crippen molar-refractivity contribution < 1.29 is 56.3 Å². The van der Waals surface area contributed by atoms with E-state index in [2.05, 4.69) is 35.1 Å². The fourth-order valence-electron chi connectivity index (χ4n) is 1.15. The van der Waals surface area contributed by atoms with Gasteiger partial charge in [-0.05, 0) is 4.92 Å². The summed E-state index contributed by atoms with van der Waals surface area (Å²) in [6.07, 6.45) is 1.24. The first kappa shape index (κ1) is 16.4. The summed E-state index contributed by atoms with van der Waals surface area (Å²) in [5, 5.41) is 13.4. The quantitative estimate of drug-likeness (QED) is 0.217. The van der Waals surface area contributed by atoms with Gasteiger partial charge in [0.15, 0.2) is 5.82 Å². The Morgan fingerprint density at radius 2 is 2.44 bits per heavy atom. The van der Waals surface area contributed by atoms with Gasteiger partial charge in [-0.1, -0.05) is 4.32 Å².